The van der Waals surface area contributed by atoms with Crippen molar-refractivity contribution in [1.82, 2.24) is 14.1 Å². The average molecular weight is 1120 g/mol. The molecule has 0 atom stereocenters. The van der Waals surface area contributed by atoms with Gasteiger partial charge in [0.1, 0.15) is 11.3 Å². The zero-order valence-electron chi connectivity index (χ0n) is 40.3. The number of hydrogen-bond donors (Lipinski definition) is 0. The molecule has 0 bridgehead atoms. The van der Waals surface area contributed by atoms with Crippen LogP contribution in [0.1, 0.15) is 26.3 Å². The predicted octanol–water partition coefficient (Wildman–Crippen LogP) is 14.2. The number of imidazole rings is 1. The van der Waals surface area contributed by atoms with Gasteiger partial charge in [-0.15, -0.1) is 29.7 Å². The molecule has 3 aromatic heterocycles. The number of pyridine rings is 1. The van der Waals surface area contributed by atoms with Gasteiger partial charge in [-0.2, -0.15) is 6.07 Å². The summed E-state index contributed by atoms with van der Waals surface area (Å²) in [5.41, 5.74) is 16.7. The maximum Gasteiger partial charge on any atom is 0.406 e. The number of para-hydroxylation sites is 4. The number of rotatable bonds is 8. The van der Waals surface area contributed by atoms with Crippen molar-refractivity contribution in [2.24, 2.45) is 0 Å². The van der Waals surface area contributed by atoms with Gasteiger partial charge in [0.25, 0.3) is 6.33 Å². The average Bonchev–Trinajstić information content (AvgIpc) is 4.11. The standard InChI is InChI=1S/C64H45BN6O.Pt/c1-64(2,3)45-36-37-66-60(38-45)69-54-31-17-16-28-52(54)53-35-34-48(39-57(53)69)72-49-40-58-63-59(41-49)70(47-26-14-7-15-27-47)65(46-24-12-6-13-25-46)71(63)56-33-19-32-55-62(56)68(58)42-67(55)61-50(43-20-8-4-9-21-43)29-18-30-51(61)44-22-10-5-11-23-44;/h4-38,41H,1-3H3;/q-2;. The second-order valence-corrected chi connectivity index (χ2v) is 19.6. The molecule has 0 fully saturated rings. The molecule has 7 nitrogen and oxygen atoms in total. The number of benzene rings is 9. The van der Waals surface area contributed by atoms with Gasteiger partial charge in [-0.1, -0.05) is 190 Å². The Labute approximate surface area is 439 Å². The molecule has 352 valence electrons. The minimum Gasteiger partial charge on any atom is -0.510 e. The molecule has 0 radical (unpaired) electrons. The Morgan fingerprint density at radius 2 is 1.23 bits per heavy atom. The zero-order valence-corrected chi connectivity index (χ0v) is 42.5. The first-order valence-corrected chi connectivity index (χ1v) is 24.5. The molecular weight excluding hydrogens is 1070 g/mol. The summed E-state index contributed by atoms with van der Waals surface area (Å²) in [6.45, 7) is 6.45. The van der Waals surface area contributed by atoms with Crippen molar-refractivity contribution in [1.29, 1.82) is 0 Å². The van der Waals surface area contributed by atoms with E-state index in [0.29, 0.717) is 11.5 Å². The van der Waals surface area contributed by atoms with E-state index in [9.17, 15) is 0 Å². The molecule has 2 aliphatic rings. The monoisotopic (exact) mass is 1120 g/mol. The van der Waals surface area contributed by atoms with Gasteiger partial charge in [-0.3, -0.25) is 4.57 Å². The maximum atomic E-state index is 7.11. The molecule has 14 rings (SSSR count). The quantitative estimate of drug-likeness (QED) is 0.0864. The molecular formula is C64H45BN6OPt-2. The molecule has 0 saturated carbocycles. The normalized spacial score (nSPS) is 12.7. The first-order valence-electron chi connectivity index (χ1n) is 24.5. The summed E-state index contributed by atoms with van der Waals surface area (Å²) < 4.78 is 13.8. The summed E-state index contributed by atoms with van der Waals surface area (Å²) in [6, 6.07) is 82.7. The molecule has 0 amide bonds. The van der Waals surface area contributed by atoms with Gasteiger partial charge < -0.3 is 23.5 Å². The molecule has 0 spiro atoms. The Bertz CT molecular complexity index is 4020. The Balaban J connectivity index is 0.00000516. The fraction of sp³-hybridized carbons (Fsp3) is 0.0625. The van der Waals surface area contributed by atoms with Gasteiger partial charge in [-0.25, -0.2) is 4.98 Å². The van der Waals surface area contributed by atoms with Crippen LogP contribution in [0.15, 0.2) is 219 Å². The van der Waals surface area contributed by atoms with E-state index in [0.717, 1.165) is 100 Å². The van der Waals surface area contributed by atoms with Gasteiger partial charge >= 0.3 is 6.98 Å². The predicted molar refractivity (Wildman–Crippen MR) is 292 cm³/mol. The van der Waals surface area contributed by atoms with Crippen molar-refractivity contribution in [3.8, 4) is 50.9 Å². The minimum atomic E-state index is -0.250. The Hall–Kier alpha value is -8.45. The second-order valence-electron chi connectivity index (χ2n) is 19.6. The Morgan fingerprint density at radius 3 is 1.95 bits per heavy atom. The Kier molecular flexibility index (Phi) is 10.6. The van der Waals surface area contributed by atoms with Gasteiger partial charge in [-0.05, 0) is 91.9 Å². The maximum absolute atomic E-state index is 7.11. The third kappa shape index (κ3) is 7.15. The number of aromatic nitrogens is 4. The smallest absolute Gasteiger partial charge is 0.406 e. The molecule has 73 heavy (non-hydrogen) atoms. The van der Waals surface area contributed by atoms with E-state index in [1.165, 1.54) is 5.56 Å². The fourth-order valence-electron chi connectivity index (χ4n) is 11.0. The van der Waals surface area contributed by atoms with E-state index in [1.807, 2.05) is 12.3 Å². The molecule has 9 aromatic carbocycles. The van der Waals surface area contributed by atoms with E-state index in [4.69, 9.17) is 9.72 Å². The van der Waals surface area contributed by atoms with Crippen molar-refractivity contribution in [2.45, 2.75) is 26.2 Å². The fourth-order valence-corrected chi connectivity index (χ4v) is 11.0. The molecule has 0 aliphatic carbocycles. The van der Waals surface area contributed by atoms with E-state index < -0.39 is 0 Å². The van der Waals surface area contributed by atoms with Crippen LogP contribution in [-0.2, 0) is 26.5 Å². The topological polar surface area (TPSA) is 42.3 Å². The third-order valence-corrected chi connectivity index (χ3v) is 14.3. The molecule has 0 N–H and O–H groups in total. The van der Waals surface area contributed by atoms with Crippen LogP contribution in [0.5, 0.6) is 11.5 Å². The van der Waals surface area contributed by atoms with Crippen LogP contribution in [-0.4, -0.2) is 21.1 Å². The van der Waals surface area contributed by atoms with Crippen LogP contribution < -0.4 is 24.4 Å². The SMILES string of the molecule is CC(C)(C)c1ccnc(-n2c3[c-]c(Oc4[c-]c5c6c(c4)N(c4ccccc4)B(c4ccccc4)N6c4cccc6c4n-5[c-][n+]6-c4c(-c5ccccc5)cccc4-c4ccccc4)ccc3c3ccccc32)c1.[Pt]. The number of nitrogens with zero attached hydrogens (tertiary/aromatic N) is 6. The van der Waals surface area contributed by atoms with Crippen LogP contribution in [0.4, 0.5) is 22.7 Å². The van der Waals surface area contributed by atoms with Gasteiger partial charge in [0.2, 0.25) is 0 Å². The molecule has 0 unspecified atom stereocenters. The van der Waals surface area contributed by atoms with Crippen LogP contribution in [0, 0.1) is 18.5 Å². The van der Waals surface area contributed by atoms with Crippen molar-refractivity contribution in [2.75, 3.05) is 9.62 Å². The van der Waals surface area contributed by atoms with E-state index >= 15 is 0 Å². The molecule has 5 heterocycles. The summed E-state index contributed by atoms with van der Waals surface area (Å²) in [7, 11) is 0. The van der Waals surface area contributed by atoms with Crippen molar-refractivity contribution in [3.63, 3.8) is 0 Å². The number of ether oxygens (including phenoxy) is 1. The van der Waals surface area contributed by atoms with Crippen molar-refractivity contribution >= 4 is 68.0 Å². The first-order chi connectivity index (χ1) is 35.4. The summed E-state index contributed by atoms with van der Waals surface area (Å²) >= 11 is 0. The summed E-state index contributed by atoms with van der Waals surface area (Å²) in [5.74, 6) is 1.96. The molecule has 9 heteroatoms. The van der Waals surface area contributed by atoms with Gasteiger partial charge in [0, 0.05) is 55.7 Å². The van der Waals surface area contributed by atoms with Crippen molar-refractivity contribution in [3.05, 3.63) is 243 Å². The molecule has 0 saturated heterocycles. The van der Waals surface area contributed by atoms with E-state index in [2.05, 4.69) is 269 Å². The van der Waals surface area contributed by atoms with Crippen LogP contribution in [0.3, 0.4) is 0 Å². The first kappa shape index (κ1) is 44.5. The summed E-state index contributed by atoms with van der Waals surface area (Å²) in [4.78, 5) is 9.86. The Morgan fingerprint density at radius 1 is 0.575 bits per heavy atom. The minimum absolute atomic E-state index is 0. The summed E-state index contributed by atoms with van der Waals surface area (Å²) in [6.07, 6.45) is 5.87. The number of anilines is 4. The van der Waals surface area contributed by atoms with Gasteiger partial charge in [0.05, 0.1) is 11.2 Å². The third-order valence-electron chi connectivity index (χ3n) is 14.3. The number of fused-ring (bicyclic) bond motifs is 5. The second kappa shape index (κ2) is 17.4. The van der Waals surface area contributed by atoms with E-state index in [1.54, 1.807) is 0 Å². The number of hydrogen-bond acceptors (Lipinski definition) is 4. The van der Waals surface area contributed by atoms with Crippen LogP contribution >= 0.6 is 0 Å². The van der Waals surface area contributed by atoms with E-state index in [-0.39, 0.29) is 33.5 Å². The largest absolute Gasteiger partial charge is 0.510 e. The van der Waals surface area contributed by atoms with Crippen LogP contribution in [0.25, 0.3) is 72.3 Å². The molecule has 12 aromatic rings. The van der Waals surface area contributed by atoms with Crippen molar-refractivity contribution < 1.29 is 30.4 Å². The summed E-state index contributed by atoms with van der Waals surface area (Å²) in [5, 5.41) is 2.20. The zero-order chi connectivity index (χ0) is 48.1. The van der Waals surface area contributed by atoms with Gasteiger partial charge in [0.15, 0.2) is 0 Å². The van der Waals surface area contributed by atoms with Crippen LogP contribution in [0.2, 0.25) is 0 Å². The molecule has 2 aliphatic heterocycles.